The number of nitrogens with zero attached hydrogens (tertiary/aromatic N) is 1. The first kappa shape index (κ1) is 14.9. The molecule has 1 rings (SSSR count). The third kappa shape index (κ3) is 6.38. The molecular weight excluding hydrogens is 323 g/mol. The predicted molar refractivity (Wildman–Crippen MR) is 83.2 cm³/mol. The summed E-state index contributed by atoms with van der Waals surface area (Å²) in [6, 6.07) is 8.57. The van der Waals surface area contributed by atoms with Crippen molar-refractivity contribution in [3.63, 3.8) is 0 Å². The number of rotatable bonds is 5. The number of nitrogens with one attached hydrogen (secondary N) is 1. The molecule has 1 aromatic carbocycles. The van der Waals surface area contributed by atoms with Crippen LogP contribution in [0, 0.1) is 3.57 Å². The molecule has 17 heavy (non-hydrogen) atoms. The molecule has 1 aromatic rings. The van der Waals surface area contributed by atoms with Crippen LogP contribution in [0.3, 0.4) is 0 Å². The van der Waals surface area contributed by atoms with Crippen molar-refractivity contribution in [3.8, 4) is 0 Å². The van der Waals surface area contributed by atoms with Crippen molar-refractivity contribution in [1.82, 2.24) is 10.2 Å². The number of hydrogen-bond donors (Lipinski definition) is 1. The Balaban J connectivity index is 2.35. The summed E-state index contributed by atoms with van der Waals surface area (Å²) in [6.45, 7) is 9.73. The Morgan fingerprint density at radius 1 is 1.24 bits per heavy atom. The van der Waals surface area contributed by atoms with E-state index in [1.54, 1.807) is 0 Å². The van der Waals surface area contributed by atoms with Crippen molar-refractivity contribution < 1.29 is 0 Å². The van der Waals surface area contributed by atoms with E-state index in [9.17, 15) is 0 Å². The smallest absolute Gasteiger partial charge is 0.0241 e. The van der Waals surface area contributed by atoms with E-state index in [0.717, 1.165) is 19.6 Å². The maximum absolute atomic E-state index is 3.51. The molecule has 0 aromatic heterocycles. The number of likely N-dealkylation sites (N-methyl/N-ethyl adjacent to an activating group) is 1. The van der Waals surface area contributed by atoms with E-state index in [1.165, 1.54) is 9.13 Å². The van der Waals surface area contributed by atoms with E-state index in [0.29, 0.717) is 0 Å². The molecule has 96 valence electrons. The Labute approximate surface area is 119 Å². The van der Waals surface area contributed by atoms with E-state index in [2.05, 4.69) is 84.9 Å². The van der Waals surface area contributed by atoms with Crippen molar-refractivity contribution in [2.75, 3.05) is 20.1 Å². The average molecular weight is 346 g/mol. The molecule has 0 spiro atoms. The molecule has 2 nitrogen and oxygen atoms in total. The highest BCUT2D eigenvalue weighted by Crippen LogP contribution is 2.12. The first-order chi connectivity index (χ1) is 7.88. The van der Waals surface area contributed by atoms with E-state index < -0.39 is 0 Å². The molecule has 0 atom stereocenters. The third-order valence-corrected chi connectivity index (χ3v) is 3.60. The van der Waals surface area contributed by atoms with Gasteiger partial charge < -0.3 is 10.2 Å². The van der Waals surface area contributed by atoms with E-state index in [-0.39, 0.29) is 5.54 Å². The van der Waals surface area contributed by atoms with Gasteiger partial charge in [-0.1, -0.05) is 18.2 Å². The summed E-state index contributed by atoms with van der Waals surface area (Å²) in [5.74, 6) is 0. The average Bonchev–Trinajstić information content (AvgIpc) is 2.19. The summed E-state index contributed by atoms with van der Waals surface area (Å²) >= 11 is 2.40. The molecule has 0 heterocycles. The van der Waals surface area contributed by atoms with Crippen LogP contribution in [0.1, 0.15) is 26.3 Å². The van der Waals surface area contributed by atoms with Crippen LogP contribution in [0.2, 0.25) is 0 Å². The van der Waals surface area contributed by atoms with Crippen molar-refractivity contribution in [1.29, 1.82) is 0 Å². The van der Waals surface area contributed by atoms with E-state index in [1.807, 2.05) is 0 Å². The van der Waals surface area contributed by atoms with Crippen molar-refractivity contribution in [3.05, 3.63) is 33.4 Å². The number of halogens is 1. The standard InChI is InChI=1S/C14H23IN2/c1-14(2,3)16-9-10-17(4)11-12-7-5-6-8-13(12)15/h5-8,16H,9-11H2,1-4H3. The molecule has 0 aliphatic rings. The van der Waals surface area contributed by atoms with Gasteiger partial charge in [0, 0.05) is 28.7 Å². The van der Waals surface area contributed by atoms with Crippen molar-refractivity contribution in [2.24, 2.45) is 0 Å². The molecule has 0 aliphatic heterocycles. The van der Waals surface area contributed by atoms with Gasteiger partial charge in [0.1, 0.15) is 0 Å². The lowest BCUT2D eigenvalue weighted by molar-refractivity contribution is 0.303. The molecule has 0 saturated carbocycles. The van der Waals surface area contributed by atoms with Crippen molar-refractivity contribution in [2.45, 2.75) is 32.9 Å². The van der Waals surface area contributed by atoms with Gasteiger partial charge in [-0.2, -0.15) is 0 Å². The van der Waals surface area contributed by atoms with Crippen LogP contribution in [0.15, 0.2) is 24.3 Å². The molecule has 3 heteroatoms. The highest BCUT2D eigenvalue weighted by Gasteiger charge is 2.09. The van der Waals surface area contributed by atoms with Gasteiger partial charge in [-0.15, -0.1) is 0 Å². The molecule has 0 radical (unpaired) electrons. The lowest BCUT2D eigenvalue weighted by Crippen LogP contribution is -2.40. The maximum atomic E-state index is 3.51. The minimum atomic E-state index is 0.210. The fourth-order valence-corrected chi connectivity index (χ4v) is 2.18. The summed E-state index contributed by atoms with van der Waals surface area (Å²) in [4.78, 5) is 2.36. The monoisotopic (exact) mass is 346 g/mol. The molecule has 0 aliphatic carbocycles. The Morgan fingerprint density at radius 3 is 2.47 bits per heavy atom. The summed E-state index contributed by atoms with van der Waals surface area (Å²) in [5, 5.41) is 3.51. The van der Waals surface area contributed by atoms with E-state index >= 15 is 0 Å². The molecule has 0 unspecified atom stereocenters. The molecule has 0 saturated heterocycles. The minimum Gasteiger partial charge on any atom is -0.311 e. The van der Waals surface area contributed by atoms with Gasteiger partial charge in [0.15, 0.2) is 0 Å². The third-order valence-electron chi connectivity index (χ3n) is 2.55. The Bertz CT molecular complexity index is 344. The van der Waals surface area contributed by atoms with Crippen LogP contribution < -0.4 is 5.32 Å². The second kappa shape index (κ2) is 6.71. The maximum Gasteiger partial charge on any atom is 0.0241 e. The van der Waals surface area contributed by atoms with Crippen molar-refractivity contribution >= 4 is 22.6 Å². The van der Waals surface area contributed by atoms with Crippen LogP contribution in [0.25, 0.3) is 0 Å². The Morgan fingerprint density at radius 2 is 1.88 bits per heavy atom. The number of hydrogen-bond acceptors (Lipinski definition) is 2. The second-order valence-corrected chi connectivity index (χ2v) is 6.67. The Hall–Kier alpha value is -0.130. The fourth-order valence-electron chi connectivity index (χ4n) is 1.62. The predicted octanol–water partition coefficient (Wildman–Crippen LogP) is 3.11. The second-order valence-electron chi connectivity index (χ2n) is 5.51. The summed E-state index contributed by atoms with van der Waals surface area (Å²) < 4.78 is 1.35. The summed E-state index contributed by atoms with van der Waals surface area (Å²) in [5.41, 5.74) is 1.62. The zero-order valence-corrected chi connectivity index (χ0v) is 13.4. The zero-order valence-electron chi connectivity index (χ0n) is 11.3. The quantitative estimate of drug-likeness (QED) is 0.825. The molecular formula is C14H23IN2. The number of benzene rings is 1. The van der Waals surface area contributed by atoms with Crippen LogP contribution in [0.4, 0.5) is 0 Å². The van der Waals surface area contributed by atoms with Crippen LogP contribution in [0.5, 0.6) is 0 Å². The summed E-state index contributed by atoms with van der Waals surface area (Å²) in [6.07, 6.45) is 0. The first-order valence-corrected chi connectivity index (χ1v) is 7.13. The largest absolute Gasteiger partial charge is 0.311 e. The van der Waals surface area contributed by atoms with Gasteiger partial charge in [-0.3, -0.25) is 0 Å². The van der Waals surface area contributed by atoms with Crippen LogP contribution >= 0.6 is 22.6 Å². The van der Waals surface area contributed by atoms with Gasteiger partial charge in [0.25, 0.3) is 0 Å². The topological polar surface area (TPSA) is 15.3 Å². The van der Waals surface area contributed by atoms with E-state index in [4.69, 9.17) is 0 Å². The van der Waals surface area contributed by atoms with Gasteiger partial charge in [-0.05, 0) is 62.0 Å². The SMILES string of the molecule is CN(CCNC(C)(C)C)Cc1ccccc1I. The molecule has 0 amide bonds. The van der Waals surface area contributed by atoms with Gasteiger partial charge in [-0.25, -0.2) is 0 Å². The zero-order chi connectivity index (χ0) is 12.9. The van der Waals surface area contributed by atoms with Gasteiger partial charge in [0.05, 0.1) is 0 Å². The molecule has 0 fully saturated rings. The lowest BCUT2D eigenvalue weighted by Gasteiger charge is -2.23. The van der Waals surface area contributed by atoms with Crippen LogP contribution in [-0.2, 0) is 6.54 Å². The van der Waals surface area contributed by atoms with Gasteiger partial charge in [0.2, 0.25) is 0 Å². The molecule has 0 bridgehead atoms. The Kier molecular flexibility index (Phi) is 5.89. The highest BCUT2D eigenvalue weighted by atomic mass is 127. The van der Waals surface area contributed by atoms with Crippen LogP contribution in [-0.4, -0.2) is 30.6 Å². The lowest BCUT2D eigenvalue weighted by atomic mass is 10.1. The highest BCUT2D eigenvalue weighted by molar-refractivity contribution is 14.1. The normalized spacial score (nSPS) is 12.1. The minimum absolute atomic E-state index is 0.210. The molecule has 1 N–H and O–H groups in total. The fraction of sp³-hybridized carbons (Fsp3) is 0.571. The summed E-state index contributed by atoms with van der Waals surface area (Å²) in [7, 11) is 2.17. The first-order valence-electron chi connectivity index (χ1n) is 6.05. The van der Waals surface area contributed by atoms with Gasteiger partial charge >= 0.3 is 0 Å².